The molecule has 0 aliphatic carbocycles. The Hall–Kier alpha value is -0.910. The molecular formula is C15H26N2O2S. The molecule has 0 aromatic heterocycles. The van der Waals surface area contributed by atoms with Gasteiger partial charge in [0.15, 0.2) is 0 Å². The normalized spacial score (nSPS) is 13.7. The first-order valence-electron chi connectivity index (χ1n) is 7.06. The second-order valence-corrected chi connectivity index (χ2v) is 7.26. The first-order chi connectivity index (χ1) is 9.34. The molecular weight excluding hydrogens is 272 g/mol. The molecule has 0 heterocycles. The van der Waals surface area contributed by atoms with E-state index in [4.69, 9.17) is 0 Å². The van der Waals surface area contributed by atoms with Crippen LogP contribution in [0.2, 0.25) is 0 Å². The maximum absolute atomic E-state index is 12.7. The van der Waals surface area contributed by atoms with E-state index in [-0.39, 0.29) is 6.04 Å². The molecule has 0 bridgehead atoms. The van der Waals surface area contributed by atoms with Crippen LogP contribution in [0.4, 0.5) is 0 Å². The van der Waals surface area contributed by atoms with Crippen LogP contribution in [-0.2, 0) is 16.6 Å². The molecule has 0 amide bonds. The molecule has 1 rings (SSSR count). The standard InChI is InChI=1S/C15H26N2O2S/c1-6-7-13(3)17(5)20(18,19)15-10-14(11-16-4)9-8-12(15)2/h8-10,13,16H,6-7,11H2,1-5H3. The number of rotatable bonds is 7. The molecule has 0 aliphatic rings. The molecule has 4 nitrogen and oxygen atoms in total. The summed E-state index contributed by atoms with van der Waals surface area (Å²) in [6.07, 6.45) is 1.84. The minimum atomic E-state index is -3.43. The minimum Gasteiger partial charge on any atom is -0.316 e. The molecule has 0 fully saturated rings. The summed E-state index contributed by atoms with van der Waals surface area (Å²) in [7, 11) is 0.0908. The fraction of sp³-hybridized carbons (Fsp3) is 0.600. The van der Waals surface area contributed by atoms with Gasteiger partial charge in [0.25, 0.3) is 0 Å². The lowest BCUT2D eigenvalue weighted by molar-refractivity contribution is 0.368. The summed E-state index contributed by atoms with van der Waals surface area (Å²) in [4.78, 5) is 0.413. The largest absolute Gasteiger partial charge is 0.316 e. The van der Waals surface area contributed by atoms with Crippen LogP contribution >= 0.6 is 0 Å². The lowest BCUT2D eigenvalue weighted by Gasteiger charge is -2.25. The first kappa shape index (κ1) is 17.1. The van der Waals surface area contributed by atoms with E-state index in [1.807, 2.05) is 33.0 Å². The molecule has 1 atom stereocenters. The smallest absolute Gasteiger partial charge is 0.243 e. The van der Waals surface area contributed by atoms with E-state index in [0.29, 0.717) is 11.4 Å². The quantitative estimate of drug-likeness (QED) is 0.841. The predicted molar refractivity (Wildman–Crippen MR) is 83.3 cm³/mol. The van der Waals surface area contributed by atoms with Gasteiger partial charge in [-0.2, -0.15) is 4.31 Å². The molecule has 1 aromatic rings. The molecule has 20 heavy (non-hydrogen) atoms. The van der Waals surface area contributed by atoms with Gasteiger partial charge in [0, 0.05) is 19.6 Å². The summed E-state index contributed by atoms with van der Waals surface area (Å²) < 4.78 is 27.0. The summed E-state index contributed by atoms with van der Waals surface area (Å²) >= 11 is 0. The van der Waals surface area contributed by atoms with E-state index < -0.39 is 10.0 Å². The van der Waals surface area contributed by atoms with Crippen molar-refractivity contribution in [3.63, 3.8) is 0 Å². The van der Waals surface area contributed by atoms with Crippen molar-refractivity contribution in [3.05, 3.63) is 29.3 Å². The van der Waals surface area contributed by atoms with E-state index >= 15 is 0 Å². The van der Waals surface area contributed by atoms with Gasteiger partial charge in [0.2, 0.25) is 10.0 Å². The van der Waals surface area contributed by atoms with E-state index in [1.54, 1.807) is 13.1 Å². The zero-order chi connectivity index (χ0) is 15.3. The van der Waals surface area contributed by atoms with Crippen molar-refractivity contribution in [2.75, 3.05) is 14.1 Å². The fourth-order valence-electron chi connectivity index (χ4n) is 2.23. The Morgan fingerprint density at radius 1 is 1.35 bits per heavy atom. The molecule has 5 heteroatoms. The zero-order valence-corrected chi connectivity index (χ0v) is 13.9. The van der Waals surface area contributed by atoms with Crippen LogP contribution in [0, 0.1) is 6.92 Å². The summed E-state index contributed by atoms with van der Waals surface area (Å²) in [5.74, 6) is 0. The van der Waals surface area contributed by atoms with Gasteiger partial charge in [0.1, 0.15) is 0 Å². The van der Waals surface area contributed by atoms with E-state index in [9.17, 15) is 8.42 Å². The zero-order valence-electron chi connectivity index (χ0n) is 13.1. The highest BCUT2D eigenvalue weighted by Gasteiger charge is 2.26. The molecule has 1 unspecified atom stereocenters. The Bertz CT molecular complexity index is 541. The van der Waals surface area contributed by atoms with Gasteiger partial charge in [-0.15, -0.1) is 0 Å². The Labute approximate surface area is 123 Å². The SMILES string of the molecule is CCCC(C)N(C)S(=O)(=O)c1cc(CNC)ccc1C. The molecule has 0 saturated carbocycles. The summed E-state index contributed by atoms with van der Waals surface area (Å²) in [5, 5.41) is 3.05. The van der Waals surface area contributed by atoms with Crippen molar-refractivity contribution in [2.45, 2.75) is 51.1 Å². The Morgan fingerprint density at radius 3 is 2.55 bits per heavy atom. The average molecular weight is 298 g/mol. The van der Waals surface area contributed by atoms with E-state index in [0.717, 1.165) is 24.0 Å². The Morgan fingerprint density at radius 2 is 2.00 bits per heavy atom. The van der Waals surface area contributed by atoms with Crippen molar-refractivity contribution < 1.29 is 8.42 Å². The Kier molecular flexibility index (Phi) is 6.17. The van der Waals surface area contributed by atoms with Crippen molar-refractivity contribution >= 4 is 10.0 Å². The highest BCUT2D eigenvalue weighted by Crippen LogP contribution is 2.23. The number of hydrogen-bond donors (Lipinski definition) is 1. The first-order valence-corrected chi connectivity index (χ1v) is 8.50. The summed E-state index contributed by atoms with van der Waals surface area (Å²) in [5.41, 5.74) is 1.77. The summed E-state index contributed by atoms with van der Waals surface area (Å²) in [6, 6.07) is 5.62. The Balaban J connectivity index is 3.17. The third-order valence-corrected chi connectivity index (χ3v) is 5.73. The molecule has 0 aliphatic heterocycles. The maximum atomic E-state index is 12.7. The molecule has 114 valence electrons. The van der Waals surface area contributed by atoms with Gasteiger partial charge < -0.3 is 5.32 Å². The van der Waals surface area contributed by atoms with Crippen LogP contribution in [0.3, 0.4) is 0 Å². The third-order valence-electron chi connectivity index (χ3n) is 3.62. The fourth-order valence-corrected chi connectivity index (χ4v) is 3.89. The molecule has 1 aromatic carbocycles. The highest BCUT2D eigenvalue weighted by atomic mass is 32.2. The van der Waals surface area contributed by atoms with Gasteiger partial charge in [0.05, 0.1) is 4.90 Å². The average Bonchev–Trinajstić information content (AvgIpc) is 2.40. The molecule has 0 spiro atoms. The third kappa shape index (κ3) is 3.81. The van der Waals surface area contributed by atoms with Crippen LogP contribution in [0.5, 0.6) is 0 Å². The van der Waals surface area contributed by atoms with Crippen molar-refractivity contribution in [1.82, 2.24) is 9.62 Å². The maximum Gasteiger partial charge on any atom is 0.243 e. The lowest BCUT2D eigenvalue weighted by Crippen LogP contribution is -2.35. The topological polar surface area (TPSA) is 49.4 Å². The van der Waals surface area contributed by atoms with Crippen LogP contribution in [0.1, 0.15) is 37.8 Å². The summed E-state index contributed by atoms with van der Waals surface area (Å²) in [6.45, 7) is 6.52. The monoisotopic (exact) mass is 298 g/mol. The number of nitrogens with one attached hydrogen (secondary N) is 1. The lowest BCUT2D eigenvalue weighted by atomic mass is 10.1. The van der Waals surface area contributed by atoms with Crippen LogP contribution in [0.25, 0.3) is 0 Å². The second kappa shape index (κ2) is 7.20. The molecule has 0 saturated heterocycles. The number of sulfonamides is 1. The van der Waals surface area contributed by atoms with Gasteiger partial charge >= 0.3 is 0 Å². The van der Waals surface area contributed by atoms with Gasteiger partial charge in [-0.05, 0) is 44.5 Å². The second-order valence-electron chi connectivity index (χ2n) is 5.29. The molecule has 1 N–H and O–H groups in total. The minimum absolute atomic E-state index is 0.0114. The van der Waals surface area contributed by atoms with E-state index in [1.165, 1.54) is 4.31 Å². The van der Waals surface area contributed by atoms with Crippen LogP contribution in [-0.4, -0.2) is 32.9 Å². The van der Waals surface area contributed by atoms with Gasteiger partial charge in [-0.3, -0.25) is 0 Å². The number of nitrogens with zero attached hydrogens (tertiary/aromatic N) is 1. The predicted octanol–water partition coefficient (Wildman–Crippen LogP) is 2.52. The number of hydrogen-bond acceptors (Lipinski definition) is 3. The van der Waals surface area contributed by atoms with Gasteiger partial charge in [-0.25, -0.2) is 8.42 Å². The van der Waals surface area contributed by atoms with E-state index in [2.05, 4.69) is 12.2 Å². The van der Waals surface area contributed by atoms with Gasteiger partial charge in [-0.1, -0.05) is 25.5 Å². The van der Waals surface area contributed by atoms with Crippen molar-refractivity contribution in [2.24, 2.45) is 0 Å². The number of aryl methyl sites for hydroxylation is 1. The number of benzene rings is 1. The van der Waals surface area contributed by atoms with Crippen molar-refractivity contribution in [1.29, 1.82) is 0 Å². The van der Waals surface area contributed by atoms with Crippen LogP contribution in [0.15, 0.2) is 23.1 Å². The highest BCUT2D eigenvalue weighted by molar-refractivity contribution is 7.89. The van der Waals surface area contributed by atoms with Crippen molar-refractivity contribution in [3.8, 4) is 0 Å². The van der Waals surface area contributed by atoms with Crippen LogP contribution < -0.4 is 5.32 Å². The molecule has 0 radical (unpaired) electrons.